The van der Waals surface area contributed by atoms with E-state index in [0.717, 1.165) is 4.88 Å². The summed E-state index contributed by atoms with van der Waals surface area (Å²) in [4.78, 5) is 0.722. The fraction of sp³-hybridized carbons (Fsp3) is 0. The third kappa shape index (κ3) is 1.43. The van der Waals surface area contributed by atoms with Crippen LogP contribution in [0.1, 0.15) is 4.88 Å². The molecule has 9 heavy (non-hydrogen) atoms. The van der Waals surface area contributed by atoms with E-state index >= 15 is 0 Å². The van der Waals surface area contributed by atoms with Crippen LogP contribution in [-0.2, 0) is 0 Å². The molecule has 0 aliphatic heterocycles. The summed E-state index contributed by atoms with van der Waals surface area (Å²) >= 11 is 6.94. The van der Waals surface area contributed by atoms with Crippen LogP contribution in [0.3, 0.4) is 0 Å². The van der Waals surface area contributed by atoms with Crippen LogP contribution in [0.15, 0.2) is 11.4 Å². The van der Waals surface area contributed by atoms with Gasteiger partial charge in [0, 0.05) is 5.38 Å². The molecule has 0 saturated carbocycles. The fourth-order valence-corrected chi connectivity index (χ4v) is 1.39. The van der Waals surface area contributed by atoms with Gasteiger partial charge in [0.25, 0.3) is 0 Å². The summed E-state index contributed by atoms with van der Waals surface area (Å²) in [5.74, 6) is 0.0758. The molecule has 0 radical (unpaired) electrons. The molecule has 0 saturated heterocycles. The molecule has 0 aliphatic rings. The minimum atomic E-state index is 0.0758. The first-order chi connectivity index (χ1) is 4.20. The molecule has 1 rings (SSSR count). The first-order valence-corrected chi connectivity index (χ1v) is 3.54. The van der Waals surface area contributed by atoms with E-state index in [1.165, 1.54) is 11.3 Å². The summed E-state index contributed by atoms with van der Waals surface area (Å²) in [6.07, 6.45) is 0. The maximum atomic E-state index is 6.98. The summed E-state index contributed by atoms with van der Waals surface area (Å²) in [5.41, 5.74) is 5.16. The highest BCUT2D eigenvalue weighted by molar-refractivity contribution is 7.12. The Morgan fingerprint density at radius 1 is 1.78 bits per heavy atom. The number of thiophene rings is 1. The first-order valence-electron chi connectivity index (χ1n) is 2.28. The lowest BCUT2D eigenvalue weighted by Gasteiger charge is -1.85. The van der Waals surface area contributed by atoms with Crippen molar-refractivity contribution in [2.24, 2.45) is 5.73 Å². The van der Waals surface area contributed by atoms with Gasteiger partial charge in [-0.25, -0.2) is 0 Å². The number of hydrogen-bond acceptors (Lipinski definition) is 2. The zero-order valence-electron chi connectivity index (χ0n) is 4.52. The Morgan fingerprint density at radius 2 is 2.44 bits per heavy atom. The Morgan fingerprint density at radius 3 is 2.67 bits per heavy atom. The molecule has 0 fully saturated rings. The highest BCUT2D eigenvalue weighted by Crippen LogP contribution is 2.17. The van der Waals surface area contributed by atoms with Crippen molar-refractivity contribution in [2.75, 3.05) is 0 Å². The van der Waals surface area contributed by atoms with E-state index in [2.05, 4.69) is 0 Å². The average Bonchev–Trinajstić information content (AvgIpc) is 2.14. The number of halogens is 1. The van der Waals surface area contributed by atoms with Crippen molar-refractivity contribution < 1.29 is 0 Å². The Bertz CT molecular complexity index is 231. The SMILES string of the molecule is N=C(N)c1cc(Cl)cs1. The van der Waals surface area contributed by atoms with Crippen LogP contribution >= 0.6 is 22.9 Å². The minimum absolute atomic E-state index is 0.0758. The van der Waals surface area contributed by atoms with Crippen LogP contribution in [0.2, 0.25) is 5.02 Å². The molecule has 0 spiro atoms. The Labute approximate surface area is 61.8 Å². The van der Waals surface area contributed by atoms with Gasteiger partial charge in [-0.1, -0.05) is 11.6 Å². The van der Waals surface area contributed by atoms with E-state index in [1.807, 2.05) is 0 Å². The average molecular weight is 161 g/mol. The van der Waals surface area contributed by atoms with Crippen LogP contribution in [0.4, 0.5) is 0 Å². The lowest BCUT2D eigenvalue weighted by atomic mass is 10.4. The molecule has 48 valence electrons. The zero-order chi connectivity index (χ0) is 6.85. The van der Waals surface area contributed by atoms with Crippen molar-refractivity contribution in [3.05, 3.63) is 21.3 Å². The van der Waals surface area contributed by atoms with Crippen molar-refractivity contribution in [3.8, 4) is 0 Å². The smallest absolute Gasteiger partial charge is 0.133 e. The quantitative estimate of drug-likeness (QED) is 0.477. The molecule has 4 heteroatoms. The number of nitrogen functional groups attached to an aromatic ring is 1. The molecule has 0 bridgehead atoms. The van der Waals surface area contributed by atoms with Gasteiger partial charge < -0.3 is 5.73 Å². The molecule has 0 aliphatic carbocycles. The van der Waals surface area contributed by atoms with Gasteiger partial charge in [-0.2, -0.15) is 0 Å². The van der Waals surface area contributed by atoms with Crippen molar-refractivity contribution in [3.63, 3.8) is 0 Å². The summed E-state index contributed by atoms with van der Waals surface area (Å²) in [7, 11) is 0. The Kier molecular flexibility index (Phi) is 1.73. The Balaban J connectivity index is 2.98. The van der Waals surface area contributed by atoms with Crippen LogP contribution in [0, 0.1) is 5.41 Å². The maximum Gasteiger partial charge on any atom is 0.133 e. The number of amidine groups is 1. The lowest BCUT2D eigenvalue weighted by molar-refractivity contribution is 1.45. The maximum absolute atomic E-state index is 6.98. The van der Waals surface area contributed by atoms with Crippen LogP contribution in [-0.4, -0.2) is 5.84 Å². The summed E-state index contributed by atoms with van der Waals surface area (Å²) in [5, 5.41) is 9.37. The van der Waals surface area contributed by atoms with Gasteiger partial charge in [0.15, 0.2) is 0 Å². The third-order valence-corrected chi connectivity index (χ3v) is 2.14. The van der Waals surface area contributed by atoms with Crippen LogP contribution in [0.5, 0.6) is 0 Å². The van der Waals surface area contributed by atoms with Crippen molar-refractivity contribution in [2.45, 2.75) is 0 Å². The van der Waals surface area contributed by atoms with Gasteiger partial charge in [0.2, 0.25) is 0 Å². The predicted octanol–water partition coefficient (Wildman–Crippen LogP) is 1.69. The van der Waals surface area contributed by atoms with E-state index in [1.54, 1.807) is 11.4 Å². The minimum Gasteiger partial charge on any atom is -0.383 e. The first kappa shape index (κ1) is 6.58. The van der Waals surface area contributed by atoms with Gasteiger partial charge in [0.1, 0.15) is 5.84 Å². The van der Waals surface area contributed by atoms with Crippen molar-refractivity contribution in [1.29, 1.82) is 5.41 Å². The summed E-state index contributed by atoms with van der Waals surface area (Å²) < 4.78 is 0. The molecule has 1 aromatic rings. The molecule has 0 atom stereocenters. The fourth-order valence-electron chi connectivity index (χ4n) is 0.454. The number of hydrogen-bond donors (Lipinski definition) is 2. The van der Waals surface area contributed by atoms with E-state index in [4.69, 9.17) is 22.7 Å². The second kappa shape index (κ2) is 2.37. The predicted molar refractivity (Wildman–Crippen MR) is 40.3 cm³/mol. The molecule has 0 aromatic carbocycles. The van der Waals surface area contributed by atoms with Crippen LogP contribution < -0.4 is 5.73 Å². The molecular formula is C5H5ClN2S. The van der Waals surface area contributed by atoms with Gasteiger partial charge >= 0.3 is 0 Å². The van der Waals surface area contributed by atoms with Gasteiger partial charge in [-0.15, -0.1) is 11.3 Å². The van der Waals surface area contributed by atoms with E-state index in [0.29, 0.717) is 5.02 Å². The van der Waals surface area contributed by atoms with Crippen molar-refractivity contribution in [1.82, 2.24) is 0 Å². The molecule has 0 unspecified atom stereocenters. The largest absolute Gasteiger partial charge is 0.383 e. The third-order valence-electron chi connectivity index (χ3n) is 0.833. The summed E-state index contributed by atoms with van der Waals surface area (Å²) in [6.45, 7) is 0. The molecule has 1 heterocycles. The zero-order valence-corrected chi connectivity index (χ0v) is 6.09. The normalized spacial score (nSPS) is 9.44. The molecule has 2 nitrogen and oxygen atoms in total. The second-order valence-corrected chi connectivity index (χ2v) is 2.89. The summed E-state index contributed by atoms with van der Waals surface area (Å²) in [6, 6.07) is 1.68. The molecule has 1 aromatic heterocycles. The number of rotatable bonds is 1. The van der Waals surface area contributed by atoms with E-state index < -0.39 is 0 Å². The van der Waals surface area contributed by atoms with Crippen molar-refractivity contribution >= 4 is 28.8 Å². The monoisotopic (exact) mass is 160 g/mol. The van der Waals surface area contributed by atoms with E-state index in [9.17, 15) is 0 Å². The van der Waals surface area contributed by atoms with Gasteiger partial charge in [-0.3, -0.25) is 5.41 Å². The number of nitrogens with two attached hydrogens (primary N) is 1. The molecule has 3 N–H and O–H groups in total. The molecular weight excluding hydrogens is 156 g/mol. The molecule has 0 amide bonds. The lowest BCUT2D eigenvalue weighted by Crippen LogP contribution is -2.08. The second-order valence-electron chi connectivity index (χ2n) is 1.54. The highest BCUT2D eigenvalue weighted by Gasteiger charge is 1.98. The topological polar surface area (TPSA) is 49.9 Å². The highest BCUT2D eigenvalue weighted by atomic mass is 35.5. The van der Waals surface area contributed by atoms with E-state index in [-0.39, 0.29) is 5.84 Å². The van der Waals surface area contributed by atoms with Gasteiger partial charge in [-0.05, 0) is 6.07 Å². The standard InChI is InChI=1S/C5H5ClN2S/c6-3-1-4(5(7)8)9-2-3/h1-2H,(H3,7,8). The van der Waals surface area contributed by atoms with Crippen LogP contribution in [0.25, 0.3) is 0 Å². The van der Waals surface area contributed by atoms with Gasteiger partial charge in [0.05, 0.1) is 9.90 Å². The Hall–Kier alpha value is -0.540. The number of nitrogens with one attached hydrogen (secondary N) is 1.